The van der Waals surface area contributed by atoms with Crippen LogP contribution >= 0.6 is 0 Å². The summed E-state index contributed by atoms with van der Waals surface area (Å²) >= 11 is 0. The third kappa shape index (κ3) is 2.05. The van der Waals surface area contributed by atoms with Crippen LogP contribution in [0.1, 0.15) is 37.0 Å². The van der Waals surface area contributed by atoms with Crippen molar-refractivity contribution in [3.05, 3.63) is 29.3 Å². The molecule has 0 radical (unpaired) electrons. The Morgan fingerprint density at radius 2 is 2.24 bits per heavy atom. The topological polar surface area (TPSA) is 38.7 Å². The maximum atomic E-state index is 10.3. The van der Waals surface area contributed by atoms with Gasteiger partial charge in [-0.1, -0.05) is 6.07 Å². The van der Waals surface area contributed by atoms with Crippen molar-refractivity contribution >= 4 is 0 Å². The van der Waals surface area contributed by atoms with Gasteiger partial charge in [-0.3, -0.25) is 0 Å². The first-order valence-corrected chi connectivity index (χ1v) is 6.33. The Balaban J connectivity index is 1.79. The van der Waals surface area contributed by atoms with Crippen LogP contribution < -0.4 is 4.74 Å². The van der Waals surface area contributed by atoms with Crippen LogP contribution in [0.4, 0.5) is 0 Å². The van der Waals surface area contributed by atoms with Crippen molar-refractivity contribution in [3.8, 4) is 5.75 Å². The fraction of sp³-hybridized carbons (Fsp3) is 0.571. The van der Waals surface area contributed by atoms with Crippen molar-refractivity contribution in [2.24, 2.45) is 0 Å². The smallest absolute Gasteiger partial charge is 0.122 e. The lowest BCUT2D eigenvalue weighted by Crippen LogP contribution is -2.18. The molecule has 2 heterocycles. The third-order valence-corrected chi connectivity index (χ3v) is 3.67. The minimum atomic E-state index is -0.508. The zero-order valence-corrected chi connectivity index (χ0v) is 10.1. The molecule has 3 unspecified atom stereocenters. The Hall–Kier alpha value is -1.06. The average Bonchev–Trinajstić information content (AvgIpc) is 2.95. The Kier molecular flexibility index (Phi) is 2.81. The van der Waals surface area contributed by atoms with Gasteiger partial charge in [0.2, 0.25) is 0 Å². The molecular weight excluding hydrogens is 216 g/mol. The van der Waals surface area contributed by atoms with Crippen molar-refractivity contribution in [2.75, 3.05) is 6.61 Å². The molecule has 1 N–H and O–H groups in total. The maximum absolute atomic E-state index is 10.3. The second-order valence-corrected chi connectivity index (χ2v) is 4.97. The largest absolute Gasteiger partial charge is 0.493 e. The molecule has 1 fully saturated rings. The van der Waals surface area contributed by atoms with Gasteiger partial charge < -0.3 is 14.6 Å². The molecule has 0 aromatic heterocycles. The van der Waals surface area contributed by atoms with Crippen molar-refractivity contribution < 1.29 is 14.6 Å². The van der Waals surface area contributed by atoms with Crippen LogP contribution in [0.5, 0.6) is 5.75 Å². The highest BCUT2D eigenvalue weighted by molar-refractivity contribution is 5.40. The number of benzene rings is 1. The molecule has 0 bridgehead atoms. The summed E-state index contributed by atoms with van der Waals surface area (Å²) in [5.41, 5.74) is 2.15. The summed E-state index contributed by atoms with van der Waals surface area (Å²) in [6.07, 6.45) is 2.63. The summed E-state index contributed by atoms with van der Waals surface area (Å²) in [6.45, 7) is 2.81. The number of ether oxygens (including phenoxy) is 2. The number of rotatable bonds is 2. The van der Waals surface area contributed by atoms with E-state index in [0.717, 1.165) is 37.2 Å². The molecule has 3 atom stereocenters. The summed E-state index contributed by atoms with van der Waals surface area (Å²) in [7, 11) is 0. The molecule has 1 aromatic carbocycles. The molecule has 0 spiro atoms. The predicted molar refractivity (Wildman–Crippen MR) is 64.2 cm³/mol. The molecule has 0 saturated carbocycles. The Morgan fingerprint density at radius 3 is 3.00 bits per heavy atom. The number of fused-ring (bicyclic) bond motifs is 1. The lowest BCUT2D eigenvalue weighted by molar-refractivity contribution is -0.0297. The van der Waals surface area contributed by atoms with E-state index in [-0.39, 0.29) is 12.2 Å². The number of hydrogen-bond acceptors (Lipinski definition) is 3. The standard InChI is InChI=1S/C14H18O3/c1-9-2-4-13(17-9)14(15)11-3-5-12-10(8-11)6-7-16-12/h3,5,8-9,13-15H,2,4,6-7H2,1H3. The van der Waals surface area contributed by atoms with E-state index in [1.165, 1.54) is 5.56 Å². The number of aliphatic hydroxyl groups excluding tert-OH is 1. The van der Waals surface area contributed by atoms with E-state index < -0.39 is 6.10 Å². The minimum Gasteiger partial charge on any atom is -0.493 e. The molecule has 2 aliphatic heterocycles. The molecule has 3 heteroatoms. The Morgan fingerprint density at radius 1 is 1.35 bits per heavy atom. The van der Waals surface area contributed by atoms with Crippen LogP contribution in [0.25, 0.3) is 0 Å². The first-order chi connectivity index (χ1) is 8.24. The molecule has 17 heavy (non-hydrogen) atoms. The highest BCUT2D eigenvalue weighted by Crippen LogP contribution is 2.33. The van der Waals surface area contributed by atoms with Crippen LogP contribution in [0.3, 0.4) is 0 Å². The van der Waals surface area contributed by atoms with Gasteiger partial charge in [0.05, 0.1) is 18.8 Å². The van der Waals surface area contributed by atoms with Crippen LogP contribution in [-0.4, -0.2) is 23.9 Å². The minimum absolute atomic E-state index is 0.0506. The van der Waals surface area contributed by atoms with E-state index in [0.29, 0.717) is 0 Å². The first-order valence-electron chi connectivity index (χ1n) is 6.33. The van der Waals surface area contributed by atoms with Gasteiger partial charge in [-0.15, -0.1) is 0 Å². The predicted octanol–water partition coefficient (Wildman–Crippen LogP) is 2.22. The molecule has 1 saturated heterocycles. The van der Waals surface area contributed by atoms with Crippen LogP contribution in [0.15, 0.2) is 18.2 Å². The SMILES string of the molecule is CC1CCC(C(O)c2ccc3c(c2)CCO3)O1. The monoisotopic (exact) mass is 234 g/mol. The molecular formula is C14H18O3. The van der Waals surface area contributed by atoms with Gasteiger partial charge in [-0.05, 0) is 43.0 Å². The molecule has 1 aromatic rings. The Labute approximate surface area is 101 Å². The summed E-state index contributed by atoms with van der Waals surface area (Å²) in [5.74, 6) is 0.960. The average molecular weight is 234 g/mol. The molecule has 92 valence electrons. The zero-order valence-electron chi connectivity index (χ0n) is 10.1. The van der Waals surface area contributed by atoms with Crippen molar-refractivity contribution in [3.63, 3.8) is 0 Å². The van der Waals surface area contributed by atoms with Crippen LogP contribution in [0, 0.1) is 0 Å². The van der Waals surface area contributed by atoms with Gasteiger partial charge in [-0.25, -0.2) is 0 Å². The van der Waals surface area contributed by atoms with E-state index in [1.807, 2.05) is 12.1 Å². The molecule has 0 aliphatic carbocycles. The van der Waals surface area contributed by atoms with Crippen molar-refractivity contribution in [2.45, 2.75) is 44.5 Å². The third-order valence-electron chi connectivity index (χ3n) is 3.67. The van der Waals surface area contributed by atoms with E-state index >= 15 is 0 Å². The number of aliphatic hydroxyl groups is 1. The lowest BCUT2D eigenvalue weighted by atomic mass is 9.99. The summed E-state index contributed by atoms with van der Waals surface area (Å²) in [5, 5.41) is 10.3. The quantitative estimate of drug-likeness (QED) is 0.852. The fourth-order valence-electron chi connectivity index (χ4n) is 2.67. The summed E-state index contributed by atoms with van der Waals surface area (Å²) in [6, 6.07) is 5.96. The van der Waals surface area contributed by atoms with Gasteiger partial charge >= 0.3 is 0 Å². The summed E-state index contributed by atoms with van der Waals surface area (Å²) < 4.78 is 11.2. The van der Waals surface area contributed by atoms with E-state index in [9.17, 15) is 5.11 Å². The first kappa shape index (κ1) is 11.1. The second kappa shape index (κ2) is 4.31. The van der Waals surface area contributed by atoms with Gasteiger partial charge in [0, 0.05) is 6.42 Å². The lowest BCUT2D eigenvalue weighted by Gasteiger charge is -2.19. The van der Waals surface area contributed by atoms with Gasteiger partial charge in [0.1, 0.15) is 11.9 Å². The fourth-order valence-corrected chi connectivity index (χ4v) is 2.67. The molecule has 3 rings (SSSR count). The molecule has 0 amide bonds. The highest BCUT2D eigenvalue weighted by atomic mass is 16.5. The highest BCUT2D eigenvalue weighted by Gasteiger charge is 2.29. The second-order valence-electron chi connectivity index (χ2n) is 4.97. The normalized spacial score (nSPS) is 28.8. The number of hydrogen-bond donors (Lipinski definition) is 1. The van der Waals surface area contributed by atoms with Crippen molar-refractivity contribution in [1.29, 1.82) is 0 Å². The van der Waals surface area contributed by atoms with Gasteiger partial charge in [0.25, 0.3) is 0 Å². The zero-order chi connectivity index (χ0) is 11.8. The van der Waals surface area contributed by atoms with Crippen molar-refractivity contribution in [1.82, 2.24) is 0 Å². The maximum Gasteiger partial charge on any atom is 0.122 e. The van der Waals surface area contributed by atoms with E-state index in [4.69, 9.17) is 9.47 Å². The Bertz CT molecular complexity index is 416. The van der Waals surface area contributed by atoms with E-state index in [2.05, 4.69) is 13.0 Å². The van der Waals surface area contributed by atoms with E-state index in [1.54, 1.807) is 0 Å². The molecule has 2 aliphatic rings. The van der Waals surface area contributed by atoms with Crippen LogP contribution in [-0.2, 0) is 11.2 Å². The van der Waals surface area contributed by atoms with Crippen LogP contribution in [0.2, 0.25) is 0 Å². The summed E-state index contributed by atoms with van der Waals surface area (Å²) in [4.78, 5) is 0. The van der Waals surface area contributed by atoms with Gasteiger partial charge in [0.15, 0.2) is 0 Å². The molecule has 3 nitrogen and oxygen atoms in total. The van der Waals surface area contributed by atoms with Gasteiger partial charge in [-0.2, -0.15) is 0 Å².